The van der Waals surface area contributed by atoms with E-state index in [0.717, 1.165) is 37.9 Å². The smallest absolute Gasteiger partial charge is 0.211 e. The third-order valence-electron chi connectivity index (χ3n) is 6.72. The van der Waals surface area contributed by atoms with Gasteiger partial charge < -0.3 is 9.47 Å². The lowest BCUT2D eigenvalue weighted by Gasteiger charge is -2.37. The highest BCUT2D eigenvalue weighted by Crippen LogP contribution is 2.31. The second-order valence-electron chi connectivity index (χ2n) is 9.69. The highest BCUT2D eigenvalue weighted by atomic mass is 32.2. The number of rotatable bonds is 6. The van der Waals surface area contributed by atoms with Gasteiger partial charge in [-0.2, -0.15) is 0 Å². The zero-order valence-corrected chi connectivity index (χ0v) is 21.2. The average molecular weight is 485 g/mol. The first kappa shape index (κ1) is 24.5. The van der Waals surface area contributed by atoms with Gasteiger partial charge in [0.15, 0.2) is 0 Å². The summed E-state index contributed by atoms with van der Waals surface area (Å²) in [6.07, 6.45) is 4.07. The van der Waals surface area contributed by atoms with Crippen LogP contribution in [0.4, 0.5) is 10.1 Å². The molecule has 0 radical (unpaired) electrons. The average Bonchev–Trinajstić information content (AvgIpc) is 2.80. The third kappa shape index (κ3) is 4.50. The van der Waals surface area contributed by atoms with Crippen molar-refractivity contribution in [1.82, 2.24) is 4.57 Å². The van der Waals surface area contributed by atoms with Gasteiger partial charge in [-0.3, -0.25) is 4.79 Å². The summed E-state index contributed by atoms with van der Waals surface area (Å²) in [6.45, 7) is 10.3. The van der Waals surface area contributed by atoms with Crippen LogP contribution in [0.1, 0.15) is 46.1 Å². The number of aryl methyl sites for hydroxylation is 2. The number of pyridine rings is 1. The van der Waals surface area contributed by atoms with Crippen molar-refractivity contribution in [2.45, 2.75) is 63.3 Å². The fourth-order valence-electron chi connectivity index (χ4n) is 5.12. The molecule has 2 aromatic carbocycles. The van der Waals surface area contributed by atoms with Crippen LogP contribution < -0.4 is 10.3 Å². The molecular formula is C27H33FN2O3S. The number of halogens is 1. The van der Waals surface area contributed by atoms with Gasteiger partial charge >= 0.3 is 0 Å². The van der Waals surface area contributed by atoms with Gasteiger partial charge in [-0.15, -0.1) is 0 Å². The van der Waals surface area contributed by atoms with Crippen LogP contribution in [-0.2, 0) is 22.8 Å². The molecule has 0 aliphatic carbocycles. The molecule has 5 nitrogen and oxygen atoms in total. The van der Waals surface area contributed by atoms with Crippen molar-refractivity contribution >= 4 is 26.4 Å². The molecule has 0 amide bonds. The number of piperidine rings is 1. The third-order valence-corrected chi connectivity index (χ3v) is 8.48. The summed E-state index contributed by atoms with van der Waals surface area (Å²) in [5.41, 5.74) is 1.39. The second kappa shape index (κ2) is 9.53. The molecule has 2 atom stereocenters. The van der Waals surface area contributed by atoms with Gasteiger partial charge in [0.25, 0.3) is 0 Å². The van der Waals surface area contributed by atoms with Gasteiger partial charge in [0.05, 0.1) is 21.5 Å². The minimum Gasteiger partial charge on any atom is -0.369 e. The van der Waals surface area contributed by atoms with Crippen LogP contribution in [-0.4, -0.2) is 26.1 Å². The lowest BCUT2D eigenvalue weighted by atomic mass is 9.91. The number of hydrogen-bond donors (Lipinski definition) is 0. The summed E-state index contributed by atoms with van der Waals surface area (Å²) >= 11 is 0. The summed E-state index contributed by atoms with van der Waals surface area (Å²) < 4.78 is 44.0. The van der Waals surface area contributed by atoms with Crippen molar-refractivity contribution in [1.29, 1.82) is 0 Å². The minimum absolute atomic E-state index is 0.0672. The van der Waals surface area contributed by atoms with Crippen molar-refractivity contribution in [3.63, 3.8) is 0 Å². The van der Waals surface area contributed by atoms with E-state index in [1.165, 1.54) is 24.4 Å². The number of fused-ring (bicyclic) bond motifs is 1. The van der Waals surface area contributed by atoms with Gasteiger partial charge in [0.2, 0.25) is 15.3 Å². The van der Waals surface area contributed by atoms with E-state index in [1.807, 2.05) is 18.7 Å². The molecule has 1 saturated heterocycles. The fourth-order valence-corrected chi connectivity index (χ4v) is 6.49. The van der Waals surface area contributed by atoms with Gasteiger partial charge in [-0.1, -0.05) is 39.8 Å². The van der Waals surface area contributed by atoms with Crippen LogP contribution in [0.15, 0.2) is 57.2 Å². The van der Waals surface area contributed by atoms with Gasteiger partial charge in [-0.05, 0) is 60.9 Å². The SMILES string of the molecule is CCCn1cc(S(=O)(=O)c2ccc(CC)cc2)c(=O)c2cc(F)c(N3C[C@H](C)C[C@@H](C)C3)cc21. The van der Waals surface area contributed by atoms with Crippen LogP contribution in [0.5, 0.6) is 0 Å². The Balaban J connectivity index is 1.89. The molecule has 182 valence electrons. The highest BCUT2D eigenvalue weighted by molar-refractivity contribution is 7.91. The Bertz CT molecular complexity index is 1350. The van der Waals surface area contributed by atoms with Crippen LogP contribution in [0.3, 0.4) is 0 Å². The van der Waals surface area contributed by atoms with Crippen molar-refractivity contribution in [2.24, 2.45) is 11.8 Å². The first-order chi connectivity index (χ1) is 16.1. The first-order valence-electron chi connectivity index (χ1n) is 12.1. The maximum atomic E-state index is 15.4. The summed E-state index contributed by atoms with van der Waals surface area (Å²) in [7, 11) is -4.05. The van der Waals surface area contributed by atoms with E-state index in [4.69, 9.17) is 0 Å². The molecule has 0 unspecified atom stereocenters. The van der Waals surface area contributed by atoms with E-state index in [0.29, 0.717) is 29.6 Å². The Morgan fingerprint density at radius 2 is 1.68 bits per heavy atom. The standard InChI is InChI=1S/C27H33FN2O3S/c1-5-11-29-17-26(34(32,33)21-9-7-20(6-2)8-10-21)27(31)22-13-23(28)25(14-24(22)29)30-15-18(3)12-19(4)16-30/h7-10,13-14,17-19H,5-6,11-12,15-16H2,1-4H3/t18-,19-/m1/s1. The molecular weight excluding hydrogens is 451 g/mol. The number of hydrogen-bond acceptors (Lipinski definition) is 4. The van der Waals surface area contributed by atoms with E-state index in [1.54, 1.807) is 22.8 Å². The fraction of sp³-hybridized carbons (Fsp3) is 0.444. The highest BCUT2D eigenvalue weighted by Gasteiger charge is 2.27. The maximum Gasteiger partial charge on any atom is 0.211 e. The molecule has 0 bridgehead atoms. The Kier molecular flexibility index (Phi) is 6.85. The normalized spacial score (nSPS) is 19.0. The molecule has 7 heteroatoms. The van der Waals surface area contributed by atoms with Crippen molar-refractivity contribution in [2.75, 3.05) is 18.0 Å². The maximum absolute atomic E-state index is 15.4. The van der Waals surface area contributed by atoms with Gasteiger partial charge in [0, 0.05) is 25.8 Å². The number of sulfone groups is 1. The first-order valence-corrected chi connectivity index (χ1v) is 13.6. The van der Waals surface area contributed by atoms with Crippen molar-refractivity contribution < 1.29 is 12.8 Å². The Labute approximate surface area is 201 Å². The molecule has 3 aromatic rings. The molecule has 0 saturated carbocycles. The summed E-state index contributed by atoms with van der Waals surface area (Å²) in [6, 6.07) is 9.52. The van der Waals surface area contributed by atoms with Crippen LogP contribution in [0.2, 0.25) is 0 Å². The minimum atomic E-state index is -4.05. The summed E-state index contributed by atoms with van der Waals surface area (Å²) in [5.74, 6) is 0.405. The van der Waals surface area contributed by atoms with Crippen molar-refractivity contribution in [3.8, 4) is 0 Å². The summed E-state index contributed by atoms with van der Waals surface area (Å²) in [4.78, 5) is 15.2. The molecule has 34 heavy (non-hydrogen) atoms. The zero-order valence-electron chi connectivity index (χ0n) is 20.3. The molecule has 1 fully saturated rings. The Morgan fingerprint density at radius 1 is 1.03 bits per heavy atom. The Hall–Kier alpha value is -2.67. The molecule has 4 rings (SSSR count). The molecule has 1 aromatic heterocycles. The van der Waals surface area contributed by atoms with E-state index in [9.17, 15) is 13.2 Å². The van der Waals surface area contributed by atoms with E-state index in [-0.39, 0.29) is 15.2 Å². The van der Waals surface area contributed by atoms with Gasteiger partial charge in [-0.25, -0.2) is 12.8 Å². The Morgan fingerprint density at radius 3 is 2.26 bits per heavy atom. The molecule has 2 heterocycles. The largest absolute Gasteiger partial charge is 0.369 e. The van der Waals surface area contributed by atoms with E-state index >= 15 is 4.39 Å². The molecule has 1 aliphatic heterocycles. The predicted molar refractivity (Wildman–Crippen MR) is 135 cm³/mol. The second-order valence-corrected chi connectivity index (χ2v) is 11.6. The van der Waals surface area contributed by atoms with Crippen molar-refractivity contribution in [3.05, 3.63) is 64.2 Å². The number of aromatic nitrogens is 1. The molecule has 0 N–H and O–H groups in total. The number of nitrogens with zero attached hydrogens (tertiary/aromatic N) is 2. The lowest BCUT2D eigenvalue weighted by Crippen LogP contribution is -2.39. The predicted octanol–water partition coefficient (Wildman–Crippen LogP) is 5.43. The zero-order chi connectivity index (χ0) is 24.6. The summed E-state index contributed by atoms with van der Waals surface area (Å²) in [5, 5.41) is 0.0964. The van der Waals surface area contributed by atoms with Gasteiger partial charge in [0.1, 0.15) is 10.7 Å². The quantitative estimate of drug-likeness (QED) is 0.468. The number of anilines is 1. The number of benzene rings is 2. The molecule has 0 spiro atoms. The monoisotopic (exact) mass is 484 g/mol. The topological polar surface area (TPSA) is 59.4 Å². The van der Waals surface area contributed by atoms with Crippen LogP contribution in [0, 0.1) is 17.7 Å². The molecule has 1 aliphatic rings. The lowest BCUT2D eigenvalue weighted by molar-refractivity contribution is 0.354. The van der Waals surface area contributed by atoms with Crippen LogP contribution >= 0.6 is 0 Å². The van der Waals surface area contributed by atoms with Crippen LogP contribution in [0.25, 0.3) is 10.9 Å². The van der Waals surface area contributed by atoms with E-state index < -0.39 is 21.1 Å². The van der Waals surface area contributed by atoms with E-state index in [2.05, 4.69) is 13.8 Å².